The quantitative estimate of drug-likeness (QED) is 0.496. The summed E-state index contributed by atoms with van der Waals surface area (Å²) in [6, 6.07) is 0. The van der Waals surface area contributed by atoms with Gasteiger partial charge in [-0.3, -0.25) is 0 Å². The Balaban J connectivity index is 3.20. The van der Waals surface area contributed by atoms with E-state index >= 15 is 0 Å². The van der Waals surface area contributed by atoms with Crippen LogP contribution in [-0.4, -0.2) is 40.5 Å². The maximum absolute atomic E-state index is 6.69. The molecule has 0 fully saturated rings. The Morgan fingerprint density at radius 3 is 2.00 bits per heavy atom. The van der Waals surface area contributed by atoms with Gasteiger partial charge in [0.05, 0.1) is 34.7 Å². The molecule has 3 heteroatoms. The summed E-state index contributed by atoms with van der Waals surface area (Å²) < 4.78 is 53.8. The van der Waals surface area contributed by atoms with Crippen LogP contribution in [0.3, 0.4) is 0 Å². The topological polar surface area (TPSA) is 27.7 Å². The molecule has 3 nitrogen and oxygen atoms in total. The van der Waals surface area contributed by atoms with Crippen molar-refractivity contribution in [1.82, 2.24) is 0 Å². The van der Waals surface area contributed by atoms with Crippen LogP contribution in [0.5, 0.6) is 0 Å². The number of methoxy groups -OCH3 is 2. The van der Waals surface area contributed by atoms with Gasteiger partial charge in [0.2, 0.25) is 0 Å². The molecule has 0 bridgehead atoms. The van der Waals surface area contributed by atoms with E-state index in [1.165, 1.54) is 0 Å². The molecular weight excluding hydrogens is 120 g/mol. The minimum Gasteiger partial charge on any atom is -0.382 e. The second-order valence-electron chi connectivity index (χ2n) is 1.31. The molecule has 0 rings (SSSR count). The molecule has 9 heavy (non-hydrogen) atoms. The summed E-state index contributed by atoms with van der Waals surface area (Å²) in [5, 5.41) is 0. The van der Waals surface area contributed by atoms with E-state index in [1.807, 2.05) is 0 Å². The lowest BCUT2D eigenvalue weighted by atomic mass is 10.7. The van der Waals surface area contributed by atoms with E-state index in [0.29, 0.717) is 0 Å². The van der Waals surface area contributed by atoms with Crippen LogP contribution in [0.2, 0.25) is 0 Å². The molecule has 0 aromatic rings. The first-order valence-corrected chi connectivity index (χ1v) is 2.56. The Morgan fingerprint density at radius 1 is 1.00 bits per heavy atom. The van der Waals surface area contributed by atoms with Gasteiger partial charge in [-0.15, -0.1) is 0 Å². The molecule has 0 radical (unpaired) electrons. The fraction of sp³-hybridized carbons (Fsp3) is 1.00. The molecule has 0 aliphatic heterocycles. The molecule has 0 unspecified atom stereocenters. The van der Waals surface area contributed by atoms with E-state index in [2.05, 4.69) is 9.47 Å². The molecule has 0 atom stereocenters. The largest absolute Gasteiger partial charge is 0.382 e. The summed E-state index contributed by atoms with van der Waals surface area (Å²) in [5.74, 6) is 0. The lowest BCUT2D eigenvalue weighted by Gasteiger charge is -2.00. The fourth-order valence-electron chi connectivity index (χ4n) is 0.303. The Bertz CT molecular complexity index is 147. The Kier molecular flexibility index (Phi) is 2.51. The van der Waals surface area contributed by atoms with Gasteiger partial charge in [0.1, 0.15) is 0 Å². The van der Waals surface area contributed by atoms with Crippen molar-refractivity contribution in [2.75, 3.05) is 40.5 Å². The van der Waals surface area contributed by atoms with Gasteiger partial charge < -0.3 is 14.2 Å². The predicted octanol–water partition coefficient (Wildman–Crippen LogP) is 0.296. The van der Waals surface area contributed by atoms with Crippen molar-refractivity contribution in [3.8, 4) is 0 Å². The molecule has 0 heterocycles. The summed E-state index contributed by atoms with van der Waals surface area (Å²) in [4.78, 5) is 0. The summed E-state index contributed by atoms with van der Waals surface area (Å²) in [5.41, 5.74) is 0. The van der Waals surface area contributed by atoms with Crippen molar-refractivity contribution in [2.45, 2.75) is 0 Å². The SMILES string of the molecule is [2H]C([2H])([2H])OCCOCCOC([2H])([2H])[2H]. The average molecular weight is 140 g/mol. The highest BCUT2D eigenvalue weighted by Gasteiger charge is 1.84. The van der Waals surface area contributed by atoms with Gasteiger partial charge in [0.25, 0.3) is 0 Å². The zero-order valence-electron chi connectivity index (χ0n) is 11.1. The fourth-order valence-corrected chi connectivity index (χ4v) is 0.303. The van der Waals surface area contributed by atoms with E-state index in [9.17, 15) is 0 Å². The minimum absolute atomic E-state index is 0.0652. The van der Waals surface area contributed by atoms with E-state index in [1.54, 1.807) is 0 Å². The third-order valence-electron chi connectivity index (χ3n) is 0.659. The summed E-state index contributed by atoms with van der Waals surface area (Å²) in [7, 11) is -4.84. The van der Waals surface area contributed by atoms with Crippen molar-refractivity contribution >= 4 is 0 Å². The molecule has 0 amide bonds. The van der Waals surface area contributed by atoms with Crippen molar-refractivity contribution in [2.24, 2.45) is 0 Å². The van der Waals surface area contributed by atoms with Gasteiger partial charge >= 0.3 is 0 Å². The molecule has 56 valence electrons. The first-order chi connectivity index (χ1) is 6.71. The highest BCUT2D eigenvalue weighted by atomic mass is 16.5. The van der Waals surface area contributed by atoms with Crippen molar-refractivity contribution in [3.63, 3.8) is 0 Å². The number of rotatable bonds is 6. The van der Waals surface area contributed by atoms with E-state index in [-0.39, 0.29) is 26.4 Å². The highest BCUT2D eigenvalue weighted by Crippen LogP contribution is 1.75. The first-order valence-electron chi connectivity index (χ1n) is 5.56. The maximum Gasteiger partial charge on any atom is 0.0701 e. The molecule has 0 aromatic carbocycles. The standard InChI is InChI=1S/C6H14O3/c1-7-3-5-9-6-4-8-2/h3-6H2,1-2H3/i1D3,2D3. The maximum atomic E-state index is 6.69. The average Bonchev–Trinajstić information content (AvgIpc) is 1.98. The van der Waals surface area contributed by atoms with E-state index < -0.39 is 14.1 Å². The van der Waals surface area contributed by atoms with Crippen LogP contribution in [0.4, 0.5) is 0 Å². The number of hydrogen-bond acceptors (Lipinski definition) is 3. The van der Waals surface area contributed by atoms with Crippen LogP contribution in [0.1, 0.15) is 8.22 Å². The molecule has 0 saturated heterocycles. The van der Waals surface area contributed by atoms with Crippen LogP contribution in [0.25, 0.3) is 0 Å². The minimum atomic E-state index is -2.42. The second-order valence-corrected chi connectivity index (χ2v) is 1.31. The van der Waals surface area contributed by atoms with Gasteiger partial charge in [-0.1, -0.05) is 0 Å². The molecule has 0 aliphatic rings. The lowest BCUT2D eigenvalue weighted by molar-refractivity contribution is 0.0385. The van der Waals surface area contributed by atoms with Crippen LogP contribution in [0.15, 0.2) is 0 Å². The summed E-state index contributed by atoms with van der Waals surface area (Å²) in [6.45, 7) is 0.0417. The summed E-state index contributed by atoms with van der Waals surface area (Å²) >= 11 is 0. The highest BCUT2D eigenvalue weighted by molar-refractivity contribution is 4.28. The monoisotopic (exact) mass is 140 g/mol. The van der Waals surface area contributed by atoms with E-state index in [4.69, 9.17) is 13.0 Å². The second kappa shape index (κ2) is 7.88. The van der Waals surface area contributed by atoms with Crippen LogP contribution < -0.4 is 0 Å². The Morgan fingerprint density at radius 2 is 1.56 bits per heavy atom. The van der Waals surface area contributed by atoms with Crippen LogP contribution >= 0.6 is 0 Å². The third-order valence-corrected chi connectivity index (χ3v) is 0.659. The van der Waals surface area contributed by atoms with Gasteiger partial charge in [0.15, 0.2) is 0 Å². The van der Waals surface area contributed by atoms with Crippen molar-refractivity contribution in [3.05, 3.63) is 0 Å². The normalized spacial score (nSPS) is 22.7. The van der Waals surface area contributed by atoms with Crippen molar-refractivity contribution in [1.29, 1.82) is 0 Å². The van der Waals surface area contributed by atoms with Crippen molar-refractivity contribution < 1.29 is 22.4 Å². The molecule has 0 N–H and O–H groups in total. The lowest BCUT2D eigenvalue weighted by Crippen LogP contribution is -2.06. The predicted molar refractivity (Wildman–Crippen MR) is 34.6 cm³/mol. The van der Waals surface area contributed by atoms with E-state index in [0.717, 1.165) is 0 Å². The molecular formula is C6H14O3. The van der Waals surface area contributed by atoms with Gasteiger partial charge in [-0.05, 0) is 0 Å². The smallest absolute Gasteiger partial charge is 0.0701 e. The third kappa shape index (κ3) is 7.88. The van der Waals surface area contributed by atoms with Crippen LogP contribution in [0, 0.1) is 0 Å². The molecule has 0 saturated carbocycles. The first kappa shape index (κ1) is 2.86. The molecule has 0 aliphatic carbocycles. The number of ether oxygens (including phenoxy) is 3. The Labute approximate surface area is 64.3 Å². The summed E-state index contributed by atoms with van der Waals surface area (Å²) in [6.07, 6.45) is 0. The molecule has 0 spiro atoms. The molecule has 0 aromatic heterocycles. The van der Waals surface area contributed by atoms with Crippen LogP contribution in [-0.2, 0) is 14.2 Å². The van der Waals surface area contributed by atoms with Gasteiger partial charge in [-0.25, -0.2) is 0 Å². The zero-order chi connectivity index (χ0) is 11.9. The Hall–Kier alpha value is -0.120. The number of hydrogen-bond donors (Lipinski definition) is 0. The van der Waals surface area contributed by atoms with Gasteiger partial charge in [-0.2, -0.15) is 0 Å². The van der Waals surface area contributed by atoms with Gasteiger partial charge in [0, 0.05) is 14.1 Å². The zero-order valence-corrected chi connectivity index (χ0v) is 5.05.